The van der Waals surface area contributed by atoms with Gasteiger partial charge in [-0.3, -0.25) is 4.98 Å². The highest BCUT2D eigenvalue weighted by molar-refractivity contribution is 5.18. The number of pyridine rings is 1. The Balaban J connectivity index is 2.12. The van der Waals surface area contributed by atoms with Gasteiger partial charge in [-0.05, 0) is 17.7 Å². The van der Waals surface area contributed by atoms with Crippen LogP contribution in [0.5, 0.6) is 0 Å². The molecule has 1 atom stereocenters. The van der Waals surface area contributed by atoms with Crippen molar-refractivity contribution in [3.63, 3.8) is 0 Å². The molecule has 2 rings (SSSR count). The first-order valence-electron chi connectivity index (χ1n) is 5.22. The molecule has 0 saturated heterocycles. The molecular formula is C11H11F3N4. The molecule has 18 heavy (non-hydrogen) atoms. The van der Waals surface area contributed by atoms with Crippen LogP contribution in [0, 0.1) is 0 Å². The minimum absolute atomic E-state index is 0.272. The molecule has 2 aromatic heterocycles. The van der Waals surface area contributed by atoms with E-state index in [0.29, 0.717) is 12.1 Å². The minimum Gasteiger partial charge on any atom is -0.344 e. The molecule has 7 heteroatoms. The maximum atomic E-state index is 12.4. The van der Waals surface area contributed by atoms with Crippen LogP contribution in [0.25, 0.3) is 0 Å². The molecule has 96 valence electrons. The highest BCUT2D eigenvalue weighted by Crippen LogP contribution is 2.28. The lowest BCUT2D eigenvalue weighted by atomic mass is 10.1. The maximum Gasteiger partial charge on any atom is 0.410 e. The molecule has 3 N–H and O–H groups in total. The second kappa shape index (κ2) is 4.77. The molecule has 4 nitrogen and oxygen atoms in total. The second-order valence-corrected chi connectivity index (χ2v) is 3.85. The molecule has 0 aliphatic carbocycles. The first-order valence-corrected chi connectivity index (χ1v) is 5.22. The van der Waals surface area contributed by atoms with Gasteiger partial charge in [0.2, 0.25) is 0 Å². The topological polar surface area (TPSA) is 67.6 Å². The molecule has 0 fully saturated rings. The van der Waals surface area contributed by atoms with Crippen molar-refractivity contribution in [1.82, 2.24) is 15.0 Å². The normalized spacial score (nSPS) is 13.6. The Labute approximate surface area is 101 Å². The second-order valence-electron chi connectivity index (χ2n) is 3.85. The smallest absolute Gasteiger partial charge is 0.344 e. The Morgan fingerprint density at radius 1 is 1.28 bits per heavy atom. The van der Waals surface area contributed by atoms with E-state index in [1.54, 1.807) is 24.5 Å². The highest BCUT2D eigenvalue weighted by Gasteiger charge is 2.39. The summed E-state index contributed by atoms with van der Waals surface area (Å²) in [7, 11) is 0. The van der Waals surface area contributed by atoms with Crippen molar-refractivity contribution in [2.75, 3.05) is 0 Å². The summed E-state index contributed by atoms with van der Waals surface area (Å²) in [5.41, 5.74) is 6.56. The Bertz CT molecular complexity index is 507. The fourth-order valence-corrected chi connectivity index (χ4v) is 1.50. The van der Waals surface area contributed by atoms with Gasteiger partial charge in [0, 0.05) is 30.7 Å². The Morgan fingerprint density at radius 3 is 2.56 bits per heavy atom. The summed E-state index contributed by atoms with van der Waals surface area (Å²) in [6, 6.07) is 1.48. The van der Waals surface area contributed by atoms with Gasteiger partial charge in [0.15, 0.2) is 6.04 Å². The number of aromatic nitrogens is 3. The molecule has 0 unspecified atom stereocenters. The number of rotatable bonds is 3. The van der Waals surface area contributed by atoms with Crippen molar-refractivity contribution in [2.24, 2.45) is 5.73 Å². The first kappa shape index (κ1) is 12.6. The van der Waals surface area contributed by atoms with Crippen LogP contribution in [0.4, 0.5) is 13.2 Å². The standard InChI is InChI=1S/C11H11F3N4/c12-11(13,14)9(15)10-17-6-8(18-10)5-7-1-3-16-4-2-7/h1-4,6,9H,5,15H2,(H,17,18)/t9-/m1/s1. The van der Waals surface area contributed by atoms with E-state index in [2.05, 4.69) is 15.0 Å². The van der Waals surface area contributed by atoms with Gasteiger partial charge in [-0.15, -0.1) is 0 Å². The van der Waals surface area contributed by atoms with Crippen molar-refractivity contribution in [1.29, 1.82) is 0 Å². The number of H-pyrrole nitrogens is 1. The van der Waals surface area contributed by atoms with E-state index >= 15 is 0 Å². The fourth-order valence-electron chi connectivity index (χ4n) is 1.50. The van der Waals surface area contributed by atoms with Crippen molar-refractivity contribution < 1.29 is 13.2 Å². The third-order valence-corrected chi connectivity index (χ3v) is 2.44. The summed E-state index contributed by atoms with van der Waals surface area (Å²) in [6.45, 7) is 0. The fraction of sp³-hybridized carbons (Fsp3) is 0.273. The van der Waals surface area contributed by atoms with Gasteiger partial charge in [-0.25, -0.2) is 4.98 Å². The Kier molecular flexibility index (Phi) is 3.33. The van der Waals surface area contributed by atoms with Gasteiger partial charge < -0.3 is 10.7 Å². The number of alkyl halides is 3. The highest BCUT2D eigenvalue weighted by atomic mass is 19.4. The number of hydrogen-bond acceptors (Lipinski definition) is 3. The summed E-state index contributed by atoms with van der Waals surface area (Å²) in [5.74, 6) is -0.272. The van der Waals surface area contributed by atoms with Crippen LogP contribution in [0.1, 0.15) is 23.1 Å². The molecule has 0 saturated carbocycles. The summed E-state index contributed by atoms with van der Waals surface area (Å²) in [6.07, 6.45) is 0.565. The molecule has 0 amide bonds. The number of nitrogens with zero attached hydrogens (tertiary/aromatic N) is 2. The van der Waals surface area contributed by atoms with Crippen molar-refractivity contribution in [2.45, 2.75) is 18.6 Å². The van der Waals surface area contributed by atoms with Crippen molar-refractivity contribution in [3.05, 3.63) is 47.8 Å². The number of hydrogen-bond donors (Lipinski definition) is 2. The summed E-state index contributed by atoms with van der Waals surface area (Å²) in [5, 5.41) is 0. The van der Waals surface area contributed by atoms with E-state index in [4.69, 9.17) is 5.73 Å². The molecule has 0 aliphatic rings. The lowest BCUT2D eigenvalue weighted by Crippen LogP contribution is -2.29. The van der Waals surface area contributed by atoms with Gasteiger partial charge in [-0.1, -0.05) is 0 Å². The van der Waals surface area contributed by atoms with E-state index in [0.717, 1.165) is 5.56 Å². The van der Waals surface area contributed by atoms with E-state index < -0.39 is 12.2 Å². The Morgan fingerprint density at radius 2 is 1.94 bits per heavy atom. The van der Waals surface area contributed by atoms with Gasteiger partial charge in [0.25, 0.3) is 0 Å². The van der Waals surface area contributed by atoms with Gasteiger partial charge in [-0.2, -0.15) is 13.2 Å². The minimum atomic E-state index is -4.49. The summed E-state index contributed by atoms with van der Waals surface area (Å²) in [4.78, 5) is 10.1. The molecule has 2 heterocycles. The SMILES string of the molecule is N[C@H](c1ncc(Cc2ccncc2)[nH]1)C(F)(F)F. The van der Waals surface area contributed by atoms with E-state index in [9.17, 15) is 13.2 Å². The zero-order valence-electron chi connectivity index (χ0n) is 9.28. The largest absolute Gasteiger partial charge is 0.410 e. The number of nitrogens with one attached hydrogen (secondary N) is 1. The quantitative estimate of drug-likeness (QED) is 0.882. The van der Waals surface area contributed by atoms with Crippen LogP contribution in [-0.2, 0) is 6.42 Å². The maximum absolute atomic E-state index is 12.4. The molecule has 0 spiro atoms. The molecule has 0 aromatic carbocycles. The van der Waals surface area contributed by atoms with Gasteiger partial charge >= 0.3 is 6.18 Å². The number of aromatic amines is 1. The average molecular weight is 256 g/mol. The molecule has 2 aromatic rings. The average Bonchev–Trinajstić information content (AvgIpc) is 2.76. The number of imidazole rings is 1. The predicted octanol–water partition coefficient (Wildman–Crippen LogP) is 1.96. The predicted molar refractivity (Wildman–Crippen MR) is 58.6 cm³/mol. The van der Waals surface area contributed by atoms with E-state index in [1.165, 1.54) is 6.20 Å². The van der Waals surface area contributed by atoms with E-state index in [1.807, 2.05) is 0 Å². The lowest BCUT2D eigenvalue weighted by Gasteiger charge is -2.12. The van der Waals surface area contributed by atoms with Crippen LogP contribution < -0.4 is 5.73 Å². The van der Waals surface area contributed by atoms with Crippen molar-refractivity contribution in [3.8, 4) is 0 Å². The zero-order valence-corrected chi connectivity index (χ0v) is 9.28. The molecule has 0 aliphatic heterocycles. The van der Waals surface area contributed by atoms with Crippen LogP contribution >= 0.6 is 0 Å². The van der Waals surface area contributed by atoms with E-state index in [-0.39, 0.29) is 5.82 Å². The Hall–Kier alpha value is -1.89. The molecular weight excluding hydrogens is 245 g/mol. The third-order valence-electron chi connectivity index (χ3n) is 2.44. The summed E-state index contributed by atoms with van der Waals surface area (Å²) >= 11 is 0. The van der Waals surface area contributed by atoms with Crippen LogP contribution in [-0.4, -0.2) is 21.1 Å². The van der Waals surface area contributed by atoms with Crippen molar-refractivity contribution >= 4 is 0 Å². The van der Waals surface area contributed by atoms with Crippen LogP contribution in [0.3, 0.4) is 0 Å². The van der Waals surface area contributed by atoms with Gasteiger partial charge in [0.1, 0.15) is 5.82 Å². The third kappa shape index (κ3) is 2.86. The number of halogens is 3. The summed E-state index contributed by atoms with van der Waals surface area (Å²) < 4.78 is 37.1. The van der Waals surface area contributed by atoms with Gasteiger partial charge in [0.05, 0.1) is 0 Å². The lowest BCUT2D eigenvalue weighted by molar-refractivity contribution is -0.150. The monoisotopic (exact) mass is 256 g/mol. The molecule has 0 radical (unpaired) electrons. The first-order chi connectivity index (χ1) is 8.47. The van der Waals surface area contributed by atoms with Crippen LogP contribution in [0.2, 0.25) is 0 Å². The molecule has 0 bridgehead atoms. The van der Waals surface area contributed by atoms with Crippen LogP contribution in [0.15, 0.2) is 30.7 Å². The zero-order chi connectivity index (χ0) is 13.2. The number of nitrogens with two attached hydrogens (primary N) is 1.